The minimum atomic E-state index is -0.360. The molecule has 0 spiro atoms. The topological polar surface area (TPSA) is 41.6 Å². The molecule has 1 amide bonds. The number of ether oxygens (including phenoxy) is 1. The summed E-state index contributed by atoms with van der Waals surface area (Å²) < 4.78 is 5.35. The average Bonchev–Trinajstić information content (AvgIpc) is 2.75. The summed E-state index contributed by atoms with van der Waals surface area (Å²) in [6.45, 7) is 8.11. The third-order valence-corrected chi connectivity index (χ3v) is 4.20. The van der Waals surface area contributed by atoms with E-state index in [1.54, 1.807) is 7.11 Å². The Morgan fingerprint density at radius 3 is 2.82 bits per heavy atom. The summed E-state index contributed by atoms with van der Waals surface area (Å²) >= 11 is 0. The summed E-state index contributed by atoms with van der Waals surface area (Å²) in [6, 6.07) is 0.789. The Kier molecular flexibility index (Phi) is 3.46. The second-order valence-corrected chi connectivity index (χ2v) is 6.01. The molecule has 2 saturated heterocycles. The molecule has 1 N–H and O–H groups in total. The van der Waals surface area contributed by atoms with Crippen LogP contribution in [-0.2, 0) is 9.53 Å². The Morgan fingerprint density at radius 2 is 2.18 bits per heavy atom. The second-order valence-electron chi connectivity index (χ2n) is 6.01. The van der Waals surface area contributed by atoms with Crippen molar-refractivity contribution in [2.75, 3.05) is 20.2 Å². The zero-order valence-electron chi connectivity index (χ0n) is 11.3. The van der Waals surface area contributed by atoms with Crippen LogP contribution in [0.5, 0.6) is 0 Å². The Bertz CT molecular complexity index is 304. The number of nitrogens with zero attached hydrogens (tertiary/aromatic N) is 1. The van der Waals surface area contributed by atoms with Crippen molar-refractivity contribution in [3.8, 4) is 0 Å². The monoisotopic (exact) mass is 240 g/mol. The molecule has 0 aromatic rings. The molecular weight excluding hydrogens is 216 g/mol. The molecule has 98 valence electrons. The Balaban J connectivity index is 2.03. The van der Waals surface area contributed by atoms with Gasteiger partial charge in [-0.2, -0.15) is 0 Å². The summed E-state index contributed by atoms with van der Waals surface area (Å²) in [6.07, 6.45) is 1.61. The fraction of sp³-hybridized carbons (Fsp3) is 0.923. The van der Waals surface area contributed by atoms with Gasteiger partial charge in [-0.25, -0.2) is 0 Å². The highest BCUT2D eigenvalue weighted by molar-refractivity contribution is 5.78. The maximum Gasteiger partial charge on any atom is 0.225 e. The number of hydrogen-bond acceptors (Lipinski definition) is 3. The lowest BCUT2D eigenvalue weighted by atomic mass is 10.0. The van der Waals surface area contributed by atoms with Gasteiger partial charge in [-0.1, -0.05) is 0 Å². The van der Waals surface area contributed by atoms with Gasteiger partial charge < -0.3 is 15.0 Å². The lowest BCUT2D eigenvalue weighted by Gasteiger charge is -2.31. The van der Waals surface area contributed by atoms with Crippen LogP contribution in [-0.4, -0.2) is 48.7 Å². The average molecular weight is 240 g/mol. The molecule has 2 aliphatic heterocycles. The number of amides is 1. The first-order chi connectivity index (χ1) is 7.94. The van der Waals surface area contributed by atoms with Gasteiger partial charge in [0.05, 0.1) is 12.0 Å². The smallest absolute Gasteiger partial charge is 0.225 e. The number of carbonyl (C=O) groups is 1. The van der Waals surface area contributed by atoms with E-state index in [0.29, 0.717) is 24.4 Å². The van der Waals surface area contributed by atoms with Crippen LogP contribution in [0.2, 0.25) is 0 Å². The molecule has 4 nitrogen and oxygen atoms in total. The van der Waals surface area contributed by atoms with Crippen molar-refractivity contribution < 1.29 is 9.53 Å². The molecular formula is C13H24N2O2. The van der Waals surface area contributed by atoms with Crippen LogP contribution in [0.4, 0.5) is 0 Å². The van der Waals surface area contributed by atoms with Crippen molar-refractivity contribution >= 4 is 5.91 Å². The van der Waals surface area contributed by atoms with Crippen LogP contribution < -0.4 is 5.32 Å². The third kappa shape index (κ3) is 2.47. The quantitative estimate of drug-likeness (QED) is 0.800. The van der Waals surface area contributed by atoms with Crippen molar-refractivity contribution in [3.63, 3.8) is 0 Å². The third-order valence-electron chi connectivity index (χ3n) is 4.20. The molecule has 2 aliphatic rings. The first kappa shape index (κ1) is 12.8. The van der Waals surface area contributed by atoms with E-state index in [1.807, 2.05) is 13.8 Å². The Labute approximate surface area is 104 Å². The highest BCUT2D eigenvalue weighted by atomic mass is 16.5. The van der Waals surface area contributed by atoms with Gasteiger partial charge in [0.1, 0.15) is 0 Å². The maximum absolute atomic E-state index is 12.4. The highest BCUT2D eigenvalue weighted by Gasteiger charge is 2.44. The molecule has 3 unspecified atom stereocenters. The van der Waals surface area contributed by atoms with Gasteiger partial charge in [-0.3, -0.25) is 4.79 Å². The van der Waals surface area contributed by atoms with Crippen LogP contribution >= 0.6 is 0 Å². The summed E-state index contributed by atoms with van der Waals surface area (Å²) in [5.74, 6) is 0.889. The maximum atomic E-state index is 12.4. The fourth-order valence-electron chi connectivity index (χ4n) is 3.12. The summed E-state index contributed by atoms with van der Waals surface area (Å²) in [7, 11) is 1.67. The highest BCUT2D eigenvalue weighted by Crippen LogP contribution is 2.33. The lowest BCUT2D eigenvalue weighted by Crippen LogP contribution is -2.45. The predicted octanol–water partition coefficient (Wildman–Crippen LogP) is 1.01. The fourth-order valence-corrected chi connectivity index (χ4v) is 3.12. The van der Waals surface area contributed by atoms with E-state index in [1.165, 1.54) is 0 Å². The van der Waals surface area contributed by atoms with Gasteiger partial charge in [0.25, 0.3) is 0 Å². The lowest BCUT2D eigenvalue weighted by molar-refractivity contribution is -0.139. The molecule has 2 rings (SSSR count). The van der Waals surface area contributed by atoms with Gasteiger partial charge in [0.2, 0.25) is 5.91 Å². The zero-order valence-corrected chi connectivity index (χ0v) is 11.3. The van der Waals surface area contributed by atoms with Crippen molar-refractivity contribution in [2.45, 2.75) is 51.3 Å². The molecule has 2 fully saturated rings. The molecule has 2 heterocycles. The van der Waals surface area contributed by atoms with Crippen LogP contribution in [0.3, 0.4) is 0 Å². The van der Waals surface area contributed by atoms with Crippen molar-refractivity contribution in [1.82, 2.24) is 10.2 Å². The number of rotatable bonds is 3. The van der Waals surface area contributed by atoms with E-state index in [9.17, 15) is 4.79 Å². The molecule has 0 radical (unpaired) electrons. The van der Waals surface area contributed by atoms with Gasteiger partial charge >= 0.3 is 0 Å². The largest absolute Gasteiger partial charge is 0.378 e. The Hall–Kier alpha value is -0.610. The Morgan fingerprint density at radius 1 is 1.47 bits per heavy atom. The predicted molar refractivity (Wildman–Crippen MR) is 66.8 cm³/mol. The van der Waals surface area contributed by atoms with E-state index in [2.05, 4.69) is 17.1 Å². The normalized spacial score (nSPS) is 32.9. The van der Waals surface area contributed by atoms with Gasteiger partial charge in [-0.05, 0) is 33.1 Å². The zero-order chi connectivity index (χ0) is 12.6. The minimum absolute atomic E-state index is 0.237. The minimum Gasteiger partial charge on any atom is -0.378 e. The van der Waals surface area contributed by atoms with Gasteiger partial charge in [-0.15, -0.1) is 0 Å². The molecule has 17 heavy (non-hydrogen) atoms. The number of fused-ring (bicyclic) bond motifs is 1. The van der Waals surface area contributed by atoms with Gasteiger partial charge in [0, 0.05) is 32.3 Å². The molecule has 4 heteroatoms. The van der Waals surface area contributed by atoms with Crippen molar-refractivity contribution in [2.24, 2.45) is 5.92 Å². The SMILES string of the molecule is COC(C)(C)CC(=O)N1C(C)CC2CNCC21. The van der Waals surface area contributed by atoms with E-state index in [-0.39, 0.29) is 11.5 Å². The summed E-state index contributed by atoms with van der Waals surface area (Å²) in [4.78, 5) is 14.5. The van der Waals surface area contributed by atoms with E-state index in [0.717, 1.165) is 19.5 Å². The molecule has 0 aromatic carbocycles. The second kappa shape index (κ2) is 4.58. The number of nitrogens with one attached hydrogen (secondary N) is 1. The number of likely N-dealkylation sites (tertiary alicyclic amines) is 1. The molecule has 0 aromatic heterocycles. The summed E-state index contributed by atoms with van der Waals surface area (Å²) in [5, 5.41) is 3.38. The first-order valence-electron chi connectivity index (χ1n) is 6.51. The molecule has 3 atom stereocenters. The van der Waals surface area contributed by atoms with Crippen LogP contribution in [0.1, 0.15) is 33.6 Å². The number of carbonyl (C=O) groups excluding carboxylic acids is 1. The molecule has 0 aliphatic carbocycles. The van der Waals surface area contributed by atoms with E-state index < -0.39 is 0 Å². The van der Waals surface area contributed by atoms with Crippen LogP contribution in [0.25, 0.3) is 0 Å². The summed E-state index contributed by atoms with van der Waals surface area (Å²) in [5.41, 5.74) is -0.360. The number of hydrogen-bond donors (Lipinski definition) is 1. The van der Waals surface area contributed by atoms with E-state index in [4.69, 9.17) is 4.74 Å². The molecule has 0 bridgehead atoms. The van der Waals surface area contributed by atoms with Crippen molar-refractivity contribution in [3.05, 3.63) is 0 Å². The van der Waals surface area contributed by atoms with Gasteiger partial charge in [0.15, 0.2) is 0 Å². The standard InChI is InChI=1S/C13H24N2O2/c1-9-5-10-7-14-8-11(10)15(9)12(16)6-13(2,3)17-4/h9-11,14H,5-8H2,1-4H3. The number of methoxy groups -OCH3 is 1. The van der Waals surface area contributed by atoms with Crippen LogP contribution in [0.15, 0.2) is 0 Å². The molecule has 0 saturated carbocycles. The van der Waals surface area contributed by atoms with E-state index >= 15 is 0 Å². The van der Waals surface area contributed by atoms with Crippen molar-refractivity contribution in [1.29, 1.82) is 0 Å². The first-order valence-corrected chi connectivity index (χ1v) is 6.51. The van der Waals surface area contributed by atoms with Crippen LogP contribution in [0, 0.1) is 5.92 Å².